The van der Waals surface area contributed by atoms with Crippen molar-refractivity contribution in [1.82, 2.24) is 4.31 Å². The molecule has 1 heterocycles. The molecule has 2 fully saturated rings. The molecular formula is C11H22N2O2S. The molecule has 1 saturated carbocycles. The fourth-order valence-electron chi connectivity index (χ4n) is 2.78. The second-order valence-corrected chi connectivity index (χ2v) is 7.28. The Labute approximate surface area is 98.2 Å². The van der Waals surface area contributed by atoms with E-state index in [0.717, 1.165) is 38.5 Å². The molecule has 0 aromatic heterocycles. The Balaban J connectivity index is 2.05. The molecule has 0 bridgehead atoms. The van der Waals surface area contributed by atoms with Crippen LogP contribution in [0.4, 0.5) is 0 Å². The number of nitrogens with zero attached hydrogens (tertiary/aromatic N) is 1. The molecule has 0 aromatic carbocycles. The summed E-state index contributed by atoms with van der Waals surface area (Å²) in [6, 6.07) is 0.0344. The summed E-state index contributed by atoms with van der Waals surface area (Å²) in [5.41, 5.74) is 5.85. The molecular weight excluding hydrogens is 224 g/mol. The van der Waals surface area contributed by atoms with Gasteiger partial charge in [-0.05, 0) is 25.7 Å². The van der Waals surface area contributed by atoms with Crippen molar-refractivity contribution in [2.75, 3.05) is 13.1 Å². The molecule has 0 radical (unpaired) electrons. The van der Waals surface area contributed by atoms with Crippen LogP contribution in [0.15, 0.2) is 0 Å². The SMILES string of the molecule is N[C@@H]1CCCN(S(=O)(=O)C2CCCCC2)C1. The van der Waals surface area contributed by atoms with Crippen molar-refractivity contribution >= 4 is 10.0 Å². The van der Waals surface area contributed by atoms with Gasteiger partial charge in [-0.3, -0.25) is 0 Å². The van der Waals surface area contributed by atoms with E-state index in [2.05, 4.69) is 0 Å². The van der Waals surface area contributed by atoms with Crippen molar-refractivity contribution < 1.29 is 8.42 Å². The second kappa shape index (κ2) is 5.02. The molecule has 2 N–H and O–H groups in total. The van der Waals surface area contributed by atoms with E-state index in [0.29, 0.717) is 13.1 Å². The summed E-state index contributed by atoms with van der Waals surface area (Å²) in [5.74, 6) is 0. The minimum absolute atomic E-state index is 0.0344. The highest BCUT2D eigenvalue weighted by atomic mass is 32.2. The minimum Gasteiger partial charge on any atom is -0.327 e. The molecule has 1 aliphatic heterocycles. The number of hydrogen-bond donors (Lipinski definition) is 1. The Hall–Kier alpha value is -0.130. The van der Waals surface area contributed by atoms with Gasteiger partial charge in [0, 0.05) is 19.1 Å². The third kappa shape index (κ3) is 2.57. The van der Waals surface area contributed by atoms with Crippen molar-refractivity contribution in [3.8, 4) is 0 Å². The first-order chi connectivity index (χ1) is 7.60. The maximum absolute atomic E-state index is 12.4. The van der Waals surface area contributed by atoms with Gasteiger partial charge in [0.2, 0.25) is 10.0 Å². The molecule has 0 aromatic rings. The van der Waals surface area contributed by atoms with Crippen LogP contribution in [0, 0.1) is 0 Å². The van der Waals surface area contributed by atoms with Crippen LogP contribution in [0.1, 0.15) is 44.9 Å². The van der Waals surface area contributed by atoms with Crippen LogP contribution in [0.3, 0.4) is 0 Å². The van der Waals surface area contributed by atoms with E-state index >= 15 is 0 Å². The predicted molar refractivity (Wildman–Crippen MR) is 64.6 cm³/mol. The third-order valence-corrected chi connectivity index (χ3v) is 6.12. The Morgan fingerprint density at radius 1 is 1.00 bits per heavy atom. The fraction of sp³-hybridized carbons (Fsp3) is 1.00. The lowest BCUT2D eigenvalue weighted by atomic mass is 10.0. The topological polar surface area (TPSA) is 63.4 Å². The number of nitrogens with two attached hydrogens (primary N) is 1. The average Bonchev–Trinajstić information content (AvgIpc) is 2.30. The van der Waals surface area contributed by atoms with Crippen LogP contribution in [0.25, 0.3) is 0 Å². The normalized spacial score (nSPS) is 30.4. The summed E-state index contributed by atoms with van der Waals surface area (Å²) in [5, 5.41) is -0.133. The van der Waals surface area contributed by atoms with Gasteiger partial charge in [-0.2, -0.15) is 0 Å². The number of rotatable bonds is 2. The van der Waals surface area contributed by atoms with Crippen LogP contribution in [0.5, 0.6) is 0 Å². The Morgan fingerprint density at radius 2 is 1.69 bits per heavy atom. The first kappa shape index (κ1) is 12.3. The predicted octanol–water partition coefficient (Wildman–Crippen LogP) is 1.07. The van der Waals surface area contributed by atoms with E-state index < -0.39 is 10.0 Å². The van der Waals surface area contributed by atoms with Crippen molar-refractivity contribution in [3.05, 3.63) is 0 Å². The van der Waals surface area contributed by atoms with E-state index in [1.807, 2.05) is 0 Å². The van der Waals surface area contributed by atoms with E-state index in [1.54, 1.807) is 4.31 Å². The largest absolute Gasteiger partial charge is 0.327 e. The summed E-state index contributed by atoms with van der Waals surface area (Å²) in [6.45, 7) is 1.20. The monoisotopic (exact) mass is 246 g/mol. The lowest BCUT2D eigenvalue weighted by Crippen LogP contribution is -2.49. The first-order valence-corrected chi connectivity index (χ1v) is 7.85. The van der Waals surface area contributed by atoms with E-state index in [1.165, 1.54) is 6.42 Å². The van der Waals surface area contributed by atoms with Gasteiger partial charge in [-0.1, -0.05) is 19.3 Å². The Kier molecular flexibility index (Phi) is 3.87. The van der Waals surface area contributed by atoms with Gasteiger partial charge >= 0.3 is 0 Å². The van der Waals surface area contributed by atoms with Crippen molar-refractivity contribution in [3.63, 3.8) is 0 Å². The molecule has 94 valence electrons. The average molecular weight is 246 g/mol. The molecule has 0 unspecified atom stereocenters. The highest BCUT2D eigenvalue weighted by Gasteiger charge is 2.34. The summed E-state index contributed by atoms with van der Waals surface area (Å²) >= 11 is 0. The maximum atomic E-state index is 12.4. The van der Waals surface area contributed by atoms with E-state index in [9.17, 15) is 8.42 Å². The van der Waals surface area contributed by atoms with Crippen molar-refractivity contribution in [2.24, 2.45) is 5.73 Å². The molecule has 0 spiro atoms. The molecule has 1 aliphatic carbocycles. The standard InChI is InChI=1S/C11H22N2O2S/c12-10-5-4-8-13(9-10)16(14,15)11-6-2-1-3-7-11/h10-11H,1-9,12H2/t10-/m1/s1. The Morgan fingerprint density at radius 3 is 2.31 bits per heavy atom. The third-order valence-electron chi connectivity index (χ3n) is 3.75. The first-order valence-electron chi connectivity index (χ1n) is 6.35. The van der Waals surface area contributed by atoms with Crippen LogP contribution < -0.4 is 5.73 Å². The molecule has 16 heavy (non-hydrogen) atoms. The van der Waals surface area contributed by atoms with Gasteiger partial charge in [-0.25, -0.2) is 12.7 Å². The van der Waals surface area contributed by atoms with Gasteiger partial charge in [0.1, 0.15) is 0 Å². The maximum Gasteiger partial charge on any atom is 0.217 e. The summed E-state index contributed by atoms with van der Waals surface area (Å²) in [7, 11) is -3.06. The fourth-order valence-corrected chi connectivity index (χ4v) is 4.91. The lowest BCUT2D eigenvalue weighted by Gasteiger charge is -2.34. The van der Waals surface area contributed by atoms with Gasteiger partial charge in [0.05, 0.1) is 5.25 Å². The van der Waals surface area contributed by atoms with E-state index in [4.69, 9.17) is 5.73 Å². The molecule has 2 aliphatic rings. The van der Waals surface area contributed by atoms with Gasteiger partial charge < -0.3 is 5.73 Å². The highest BCUT2D eigenvalue weighted by molar-refractivity contribution is 7.89. The summed E-state index contributed by atoms with van der Waals surface area (Å²) in [6.07, 6.45) is 6.85. The second-order valence-electron chi connectivity index (χ2n) is 5.07. The number of hydrogen-bond acceptors (Lipinski definition) is 3. The van der Waals surface area contributed by atoms with Gasteiger partial charge in [0.15, 0.2) is 0 Å². The van der Waals surface area contributed by atoms with Crippen LogP contribution >= 0.6 is 0 Å². The molecule has 1 atom stereocenters. The van der Waals surface area contributed by atoms with E-state index in [-0.39, 0.29) is 11.3 Å². The Bertz CT molecular complexity index is 323. The molecule has 4 nitrogen and oxygen atoms in total. The summed E-state index contributed by atoms with van der Waals surface area (Å²) < 4.78 is 26.3. The van der Waals surface area contributed by atoms with Crippen LogP contribution in [-0.4, -0.2) is 37.1 Å². The molecule has 2 rings (SSSR count). The van der Waals surface area contributed by atoms with Crippen LogP contribution in [0.2, 0.25) is 0 Å². The molecule has 0 amide bonds. The minimum atomic E-state index is -3.06. The quantitative estimate of drug-likeness (QED) is 0.793. The van der Waals surface area contributed by atoms with Crippen LogP contribution in [-0.2, 0) is 10.0 Å². The lowest BCUT2D eigenvalue weighted by molar-refractivity contribution is 0.308. The van der Waals surface area contributed by atoms with Gasteiger partial charge in [0.25, 0.3) is 0 Å². The van der Waals surface area contributed by atoms with Crippen molar-refractivity contribution in [1.29, 1.82) is 0 Å². The smallest absolute Gasteiger partial charge is 0.217 e. The molecule has 5 heteroatoms. The zero-order valence-electron chi connectivity index (χ0n) is 9.77. The summed E-state index contributed by atoms with van der Waals surface area (Å²) in [4.78, 5) is 0. The van der Waals surface area contributed by atoms with Gasteiger partial charge in [-0.15, -0.1) is 0 Å². The highest BCUT2D eigenvalue weighted by Crippen LogP contribution is 2.27. The number of sulfonamides is 1. The number of piperidine rings is 1. The zero-order valence-corrected chi connectivity index (χ0v) is 10.6. The molecule has 1 saturated heterocycles. The zero-order chi connectivity index (χ0) is 11.6. The van der Waals surface area contributed by atoms with Crippen molar-refractivity contribution in [2.45, 2.75) is 56.2 Å².